The van der Waals surface area contributed by atoms with Crippen molar-refractivity contribution in [2.75, 3.05) is 32.8 Å². The summed E-state index contributed by atoms with van der Waals surface area (Å²) in [5.41, 5.74) is 1.01. The summed E-state index contributed by atoms with van der Waals surface area (Å²) in [5, 5.41) is 0. The van der Waals surface area contributed by atoms with Crippen LogP contribution in [-0.4, -0.2) is 65.3 Å². The van der Waals surface area contributed by atoms with Crippen LogP contribution in [0, 0.1) is 0 Å². The third-order valence-corrected chi connectivity index (χ3v) is 4.53. The first-order valence-corrected chi connectivity index (χ1v) is 7.67. The lowest BCUT2D eigenvalue weighted by Crippen LogP contribution is -2.50. The number of morpholine rings is 1. The topological polar surface area (TPSA) is 37.7 Å². The van der Waals surface area contributed by atoms with Gasteiger partial charge >= 0.3 is 6.18 Å². The molecule has 0 radical (unpaired) electrons. The first-order valence-electron chi connectivity index (χ1n) is 7.67. The van der Waals surface area contributed by atoms with Gasteiger partial charge in [-0.2, -0.15) is 13.2 Å². The zero-order valence-electron chi connectivity index (χ0n) is 12.9. The molecule has 128 valence electrons. The molecule has 0 aromatic carbocycles. The predicted molar refractivity (Wildman–Crippen MR) is 76.7 cm³/mol. The number of rotatable bonds is 3. The summed E-state index contributed by atoms with van der Waals surface area (Å²) in [6, 6.07) is 3.26. The maximum atomic E-state index is 12.6. The second-order valence-corrected chi connectivity index (χ2v) is 6.05. The first kappa shape index (κ1) is 16.3. The molecule has 3 rings (SSSR count). The van der Waals surface area contributed by atoms with Crippen LogP contribution in [0.5, 0.6) is 0 Å². The van der Waals surface area contributed by atoms with Gasteiger partial charge in [-0.15, -0.1) is 0 Å². The molecule has 1 amide bonds. The van der Waals surface area contributed by atoms with E-state index in [2.05, 4.69) is 0 Å². The number of hydrogen-bond donors (Lipinski definition) is 0. The number of hydrogen-bond acceptors (Lipinski definition) is 3. The Bertz CT molecular complexity index is 573. The summed E-state index contributed by atoms with van der Waals surface area (Å²) < 4.78 is 45.2. The van der Waals surface area contributed by atoms with Gasteiger partial charge in [0.25, 0.3) is 0 Å². The molecule has 0 aliphatic carbocycles. The van der Waals surface area contributed by atoms with Crippen LogP contribution in [0.25, 0.3) is 0 Å². The molecular weight excluding hydrogens is 311 g/mol. The average molecular weight is 331 g/mol. The Morgan fingerprint density at radius 2 is 2.09 bits per heavy atom. The van der Waals surface area contributed by atoms with Crippen molar-refractivity contribution in [2.24, 2.45) is 7.05 Å². The fourth-order valence-corrected chi connectivity index (χ4v) is 3.47. The van der Waals surface area contributed by atoms with Crippen molar-refractivity contribution in [1.29, 1.82) is 0 Å². The van der Waals surface area contributed by atoms with E-state index < -0.39 is 24.7 Å². The van der Waals surface area contributed by atoms with Crippen LogP contribution in [0.1, 0.15) is 18.2 Å². The molecule has 23 heavy (non-hydrogen) atoms. The third-order valence-electron chi connectivity index (χ3n) is 4.53. The highest BCUT2D eigenvalue weighted by molar-refractivity contribution is 5.84. The van der Waals surface area contributed by atoms with E-state index in [0.29, 0.717) is 26.2 Å². The molecule has 1 aromatic heterocycles. The number of aromatic nitrogens is 1. The molecule has 2 aliphatic rings. The number of aryl methyl sites for hydroxylation is 1. The molecule has 2 atom stereocenters. The van der Waals surface area contributed by atoms with Gasteiger partial charge < -0.3 is 14.2 Å². The number of likely N-dealkylation sites (tertiary alicyclic amines) is 1. The van der Waals surface area contributed by atoms with Crippen LogP contribution in [0.2, 0.25) is 0 Å². The molecule has 3 heterocycles. The van der Waals surface area contributed by atoms with Crippen molar-refractivity contribution >= 4 is 5.91 Å². The van der Waals surface area contributed by atoms with Crippen molar-refractivity contribution in [3.63, 3.8) is 0 Å². The van der Waals surface area contributed by atoms with Crippen molar-refractivity contribution in [2.45, 2.75) is 24.7 Å². The van der Waals surface area contributed by atoms with Crippen molar-refractivity contribution < 1.29 is 22.7 Å². The fraction of sp³-hybridized carbons (Fsp3) is 0.667. The summed E-state index contributed by atoms with van der Waals surface area (Å²) in [6.07, 6.45) is -2.02. The Kier molecular flexibility index (Phi) is 4.37. The number of amides is 1. The maximum absolute atomic E-state index is 12.6. The fourth-order valence-electron chi connectivity index (χ4n) is 3.47. The van der Waals surface area contributed by atoms with Gasteiger partial charge in [0.15, 0.2) is 0 Å². The minimum atomic E-state index is -4.35. The van der Waals surface area contributed by atoms with E-state index in [1.165, 1.54) is 0 Å². The minimum Gasteiger partial charge on any atom is -0.378 e. The van der Waals surface area contributed by atoms with Crippen LogP contribution < -0.4 is 0 Å². The van der Waals surface area contributed by atoms with Gasteiger partial charge in [0.05, 0.1) is 25.3 Å². The van der Waals surface area contributed by atoms with Crippen LogP contribution in [0.3, 0.4) is 0 Å². The molecule has 0 bridgehead atoms. The molecule has 0 saturated carbocycles. The lowest BCUT2D eigenvalue weighted by molar-refractivity contribution is -0.160. The minimum absolute atomic E-state index is 0.108. The molecule has 2 aliphatic heterocycles. The number of halogens is 3. The first-order chi connectivity index (χ1) is 10.9. The zero-order chi connectivity index (χ0) is 16.6. The molecule has 0 unspecified atom stereocenters. The van der Waals surface area contributed by atoms with Gasteiger partial charge in [-0.25, -0.2) is 0 Å². The Balaban J connectivity index is 1.77. The Hall–Kier alpha value is -1.54. The Labute approximate surface area is 132 Å². The molecule has 2 saturated heterocycles. The second kappa shape index (κ2) is 6.16. The summed E-state index contributed by atoms with van der Waals surface area (Å²) in [6.45, 7) is 0.471. The van der Waals surface area contributed by atoms with Crippen LogP contribution >= 0.6 is 0 Å². The second-order valence-electron chi connectivity index (χ2n) is 6.05. The molecule has 1 aromatic rings. The monoisotopic (exact) mass is 331 g/mol. The normalized spacial score (nSPS) is 27.0. The quantitative estimate of drug-likeness (QED) is 0.844. The average Bonchev–Trinajstić information content (AvgIpc) is 3.05. The lowest BCUT2D eigenvalue weighted by Gasteiger charge is -2.39. The zero-order valence-corrected chi connectivity index (χ0v) is 12.9. The van der Waals surface area contributed by atoms with Crippen molar-refractivity contribution in [1.82, 2.24) is 14.4 Å². The largest absolute Gasteiger partial charge is 0.406 e. The van der Waals surface area contributed by atoms with Crippen LogP contribution in [-0.2, 0) is 16.6 Å². The van der Waals surface area contributed by atoms with E-state index in [-0.39, 0.29) is 12.6 Å². The predicted octanol–water partition coefficient (Wildman–Crippen LogP) is 1.56. The van der Waals surface area contributed by atoms with Crippen molar-refractivity contribution in [3.05, 3.63) is 24.0 Å². The third kappa shape index (κ3) is 3.37. The van der Waals surface area contributed by atoms with Crippen LogP contribution in [0.15, 0.2) is 18.3 Å². The highest BCUT2D eigenvalue weighted by Crippen LogP contribution is 2.31. The Morgan fingerprint density at radius 3 is 2.74 bits per heavy atom. The molecule has 2 fully saturated rings. The van der Waals surface area contributed by atoms with Crippen LogP contribution in [0.4, 0.5) is 13.2 Å². The number of carbonyl (C=O) groups is 1. The van der Waals surface area contributed by atoms with Crippen molar-refractivity contribution in [3.8, 4) is 0 Å². The highest BCUT2D eigenvalue weighted by atomic mass is 19.4. The molecular formula is C15H20F3N3O2. The number of ether oxygens (including phenoxy) is 1. The summed E-state index contributed by atoms with van der Waals surface area (Å²) >= 11 is 0. The molecule has 0 spiro atoms. The van der Waals surface area contributed by atoms with Gasteiger partial charge in [-0.1, -0.05) is 0 Å². The van der Waals surface area contributed by atoms with E-state index in [9.17, 15) is 18.0 Å². The SMILES string of the molecule is Cn1cccc1[C@@H]1COCCN1[C@@H]1CCN(CC(F)(F)F)C1=O. The number of carbonyl (C=O) groups excluding carboxylic acids is 1. The van der Waals surface area contributed by atoms with Gasteiger partial charge in [-0.05, 0) is 18.6 Å². The number of nitrogens with zero attached hydrogens (tertiary/aromatic N) is 3. The van der Waals surface area contributed by atoms with E-state index in [0.717, 1.165) is 10.6 Å². The van der Waals surface area contributed by atoms with Gasteiger partial charge in [0, 0.05) is 32.0 Å². The summed E-state index contributed by atoms with van der Waals surface area (Å²) in [7, 11) is 1.91. The van der Waals surface area contributed by atoms with E-state index in [1.807, 2.05) is 34.8 Å². The van der Waals surface area contributed by atoms with Gasteiger partial charge in [0.1, 0.15) is 6.54 Å². The van der Waals surface area contributed by atoms with Gasteiger partial charge in [-0.3, -0.25) is 9.69 Å². The molecule has 8 heteroatoms. The van der Waals surface area contributed by atoms with Gasteiger partial charge in [0.2, 0.25) is 5.91 Å². The standard InChI is InChI=1S/C15H20F3N3O2/c1-19-5-2-3-11(19)13-9-23-8-7-21(13)12-4-6-20(14(12)22)10-15(16,17)18/h2-3,5,12-13H,4,6-10H2,1H3/t12-,13+/m1/s1. The van der Waals surface area contributed by atoms with E-state index >= 15 is 0 Å². The molecule has 0 N–H and O–H groups in total. The van der Waals surface area contributed by atoms with E-state index in [1.54, 1.807) is 0 Å². The Morgan fingerprint density at radius 1 is 1.30 bits per heavy atom. The lowest BCUT2D eigenvalue weighted by atomic mass is 10.1. The van der Waals surface area contributed by atoms with E-state index in [4.69, 9.17) is 4.74 Å². The maximum Gasteiger partial charge on any atom is 0.406 e. The molecule has 5 nitrogen and oxygen atoms in total. The summed E-state index contributed by atoms with van der Waals surface area (Å²) in [5.74, 6) is -0.427. The number of alkyl halides is 3. The highest BCUT2D eigenvalue weighted by Gasteiger charge is 2.44. The summed E-state index contributed by atoms with van der Waals surface area (Å²) in [4.78, 5) is 15.3. The smallest absolute Gasteiger partial charge is 0.378 e.